The number of carbonyl (C=O) groups is 1. The molecule has 0 aliphatic heterocycles. The first kappa shape index (κ1) is 15.7. The molecule has 0 atom stereocenters. The molecule has 2 aromatic heterocycles. The Morgan fingerprint density at radius 2 is 1.95 bits per heavy atom. The van der Waals surface area contributed by atoms with Gasteiger partial charge in [-0.2, -0.15) is 0 Å². The molecular formula is C15H22N4OS. The van der Waals surface area contributed by atoms with Gasteiger partial charge in [0.2, 0.25) is 5.91 Å². The van der Waals surface area contributed by atoms with E-state index in [-0.39, 0.29) is 5.91 Å². The highest BCUT2D eigenvalue weighted by Crippen LogP contribution is 2.29. The Morgan fingerprint density at radius 3 is 2.57 bits per heavy atom. The van der Waals surface area contributed by atoms with Gasteiger partial charge in [0.1, 0.15) is 17.0 Å². The van der Waals surface area contributed by atoms with Crippen LogP contribution in [0.1, 0.15) is 25.6 Å². The van der Waals surface area contributed by atoms with Crippen LogP contribution >= 0.6 is 11.3 Å². The molecule has 1 amide bonds. The molecule has 2 heterocycles. The summed E-state index contributed by atoms with van der Waals surface area (Å²) in [5.74, 6) is 0.955. The standard InChI is InChI=1S/C15H22N4OS/c1-5-11-8-12-14(16-10-17-15(12)21-11)18(4)9-13(20)19(6-2)7-3/h8,10H,5-7,9H2,1-4H3. The summed E-state index contributed by atoms with van der Waals surface area (Å²) in [7, 11) is 1.91. The summed E-state index contributed by atoms with van der Waals surface area (Å²) in [4.78, 5) is 26.9. The molecule has 0 radical (unpaired) electrons. The van der Waals surface area contributed by atoms with Crippen LogP contribution in [0.15, 0.2) is 12.4 Å². The van der Waals surface area contributed by atoms with Crippen molar-refractivity contribution in [1.29, 1.82) is 0 Å². The minimum absolute atomic E-state index is 0.125. The van der Waals surface area contributed by atoms with E-state index in [0.29, 0.717) is 6.54 Å². The number of fused-ring (bicyclic) bond motifs is 1. The molecular weight excluding hydrogens is 284 g/mol. The van der Waals surface area contributed by atoms with Gasteiger partial charge >= 0.3 is 0 Å². The lowest BCUT2D eigenvalue weighted by molar-refractivity contribution is -0.129. The van der Waals surface area contributed by atoms with Crippen molar-refractivity contribution < 1.29 is 4.79 Å². The second-order valence-corrected chi connectivity index (χ2v) is 6.02. The predicted octanol–water partition coefficient (Wildman–Crippen LogP) is 2.56. The molecule has 0 saturated carbocycles. The maximum absolute atomic E-state index is 12.2. The van der Waals surface area contributed by atoms with Crippen LogP contribution in [0.3, 0.4) is 0 Å². The fourth-order valence-corrected chi connectivity index (χ4v) is 3.25. The topological polar surface area (TPSA) is 49.3 Å². The van der Waals surface area contributed by atoms with Gasteiger partial charge in [0.05, 0.1) is 11.9 Å². The number of hydrogen-bond donors (Lipinski definition) is 0. The average molecular weight is 306 g/mol. The van der Waals surface area contributed by atoms with Crippen molar-refractivity contribution in [2.75, 3.05) is 31.6 Å². The van der Waals surface area contributed by atoms with Gasteiger partial charge in [-0.15, -0.1) is 11.3 Å². The van der Waals surface area contributed by atoms with E-state index in [4.69, 9.17) is 0 Å². The highest BCUT2D eigenvalue weighted by molar-refractivity contribution is 7.18. The lowest BCUT2D eigenvalue weighted by atomic mass is 10.3. The van der Waals surface area contributed by atoms with Gasteiger partial charge in [-0.3, -0.25) is 4.79 Å². The molecule has 0 spiro atoms. The quantitative estimate of drug-likeness (QED) is 0.823. The van der Waals surface area contributed by atoms with Gasteiger partial charge in [-0.05, 0) is 26.3 Å². The largest absolute Gasteiger partial charge is 0.350 e. The summed E-state index contributed by atoms with van der Waals surface area (Å²) in [5.41, 5.74) is 0. The van der Waals surface area contributed by atoms with E-state index in [1.807, 2.05) is 30.7 Å². The van der Waals surface area contributed by atoms with Crippen LogP contribution in [-0.4, -0.2) is 47.5 Å². The van der Waals surface area contributed by atoms with Gasteiger partial charge < -0.3 is 9.80 Å². The number of hydrogen-bond acceptors (Lipinski definition) is 5. The molecule has 114 valence electrons. The molecule has 0 fully saturated rings. The fourth-order valence-electron chi connectivity index (χ4n) is 2.33. The molecule has 5 nitrogen and oxygen atoms in total. The lowest BCUT2D eigenvalue weighted by Gasteiger charge is -2.24. The van der Waals surface area contributed by atoms with Crippen LogP contribution in [0.25, 0.3) is 10.2 Å². The van der Waals surface area contributed by atoms with E-state index in [1.54, 1.807) is 17.7 Å². The van der Waals surface area contributed by atoms with Gasteiger partial charge in [0.25, 0.3) is 0 Å². The van der Waals surface area contributed by atoms with Crippen molar-refractivity contribution in [3.63, 3.8) is 0 Å². The Balaban J connectivity index is 2.24. The lowest BCUT2D eigenvalue weighted by Crippen LogP contribution is -2.39. The summed E-state index contributed by atoms with van der Waals surface area (Å²) in [6.07, 6.45) is 2.56. The molecule has 0 aliphatic carbocycles. The molecule has 2 aromatic rings. The Bertz CT molecular complexity index is 621. The molecule has 0 aliphatic rings. The number of likely N-dealkylation sites (N-methyl/N-ethyl adjacent to an activating group) is 2. The maximum Gasteiger partial charge on any atom is 0.242 e. The van der Waals surface area contributed by atoms with Crippen molar-refractivity contribution >= 4 is 33.3 Å². The van der Waals surface area contributed by atoms with Crippen LogP contribution < -0.4 is 4.90 Å². The highest BCUT2D eigenvalue weighted by Gasteiger charge is 2.16. The fraction of sp³-hybridized carbons (Fsp3) is 0.533. The number of nitrogens with zero attached hydrogens (tertiary/aromatic N) is 4. The third kappa shape index (κ3) is 3.32. The molecule has 0 N–H and O–H groups in total. The number of rotatable bonds is 6. The van der Waals surface area contributed by atoms with Gasteiger partial charge in [0, 0.05) is 25.0 Å². The zero-order valence-electron chi connectivity index (χ0n) is 13.1. The summed E-state index contributed by atoms with van der Waals surface area (Å²) in [5, 5.41) is 1.04. The zero-order chi connectivity index (χ0) is 15.4. The number of amides is 1. The smallest absolute Gasteiger partial charge is 0.242 e. The first-order chi connectivity index (χ1) is 10.1. The Labute approximate surface area is 129 Å². The number of anilines is 1. The Morgan fingerprint density at radius 1 is 1.24 bits per heavy atom. The van der Waals surface area contributed by atoms with E-state index in [9.17, 15) is 4.79 Å². The summed E-state index contributed by atoms with van der Waals surface area (Å²) in [6.45, 7) is 7.94. The third-order valence-corrected chi connectivity index (χ3v) is 4.75. The second kappa shape index (κ2) is 6.85. The monoisotopic (exact) mass is 306 g/mol. The minimum atomic E-state index is 0.125. The Kier molecular flexibility index (Phi) is 5.12. The first-order valence-electron chi connectivity index (χ1n) is 7.32. The SMILES string of the molecule is CCc1cc2c(N(C)CC(=O)N(CC)CC)ncnc2s1. The van der Waals surface area contributed by atoms with Crippen molar-refractivity contribution in [2.24, 2.45) is 0 Å². The molecule has 2 rings (SSSR count). The van der Waals surface area contributed by atoms with Crippen molar-refractivity contribution in [3.8, 4) is 0 Å². The zero-order valence-corrected chi connectivity index (χ0v) is 13.9. The van der Waals surface area contributed by atoms with Crippen LogP contribution in [0.2, 0.25) is 0 Å². The number of carbonyl (C=O) groups excluding carboxylic acids is 1. The number of aromatic nitrogens is 2. The highest BCUT2D eigenvalue weighted by atomic mass is 32.1. The first-order valence-corrected chi connectivity index (χ1v) is 8.14. The number of thiophene rings is 1. The van der Waals surface area contributed by atoms with Gasteiger partial charge in [0.15, 0.2) is 0 Å². The summed E-state index contributed by atoms with van der Waals surface area (Å²) >= 11 is 1.69. The maximum atomic E-state index is 12.2. The predicted molar refractivity (Wildman–Crippen MR) is 88.0 cm³/mol. The third-order valence-electron chi connectivity index (χ3n) is 3.56. The average Bonchev–Trinajstić information content (AvgIpc) is 2.91. The van der Waals surface area contributed by atoms with Crippen molar-refractivity contribution in [2.45, 2.75) is 27.2 Å². The van der Waals surface area contributed by atoms with E-state index in [1.165, 1.54) is 4.88 Å². The van der Waals surface area contributed by atoms with Crippen LogP contribution in [0.5, 0.6) is 0 Å². The van der Waals surface area contributed by atoms with Crippen LogP contribution in [-0.2, 0) is 11.2 Å². The second-order valence-electron chi connectivity index (χ2n) is 4.90. The van der Waals surface area contributed by atoms with Crippen molar-refractivity contribution in [3.05, 3.63) is 17.3 Å². The summed E-state index contributed by atoms with van der Waals surface area (Å²) in [6, 6.07) is 2.13. The van der Waals surface area contributed by atoms with Crippen molar-refractivity contribution in [1.82, 2.24) is 14.9 Å². The normalized spacial score (nSPS) is 10.9. The van der Waals surface area contributed by atoms with Gasteiger partial charge in [-0.1, -0.05) is 6.92 Å². The van der Waals surface area contributed by atoms with E-state index in [0.717, 1.165) is 35.5 Å². The van der Waals surface area contributed by atoms with E-state index in [2.05, 4.69) is 23.0 Å². The molecule has 0 unspecified atom stereocenters. The van der Waals surface area contributed by atoms with Crippen LogP contribution in [0, 0.1) is 0 Å². The molecule has 21 heavy (non-hydrogen) atoms. The minimum Gasteiger partial charge on any atom is -0.350 e. The molecule has 6 heteroatoms. The van der Waals surface area contributed by atoms with Gasteiger partial charge in [-0.25, -0.2) is 9.97 Å². The van der Waals surface area contributed by atoms with E-state index < -0.39 is 0 Å². The van der Waals surface area contributed by atoms with E-state index >= 15 is 0 Å². The molecule has 0 bridgehead atoms. The molecule has 0 aromatic carbocycles. The van der Waals surface area contributed by atoms with Crippen LogP contribution in [0.4, 0.5) is 5.82 Å². The Hall–Kier alpha value is -1.69. The number of aryl methyl sites for hydroxylation is 1. The molecule has 0 saturated heterocycles. The summed E-state index contributed by atoms with van der Waals surface area (Å²) < 4.78 is 0.